The van der Waals surface area contributed by atoms with Crippen molar-refractivity contribution in [3.8, 4) is 11.5 Å². The van der Waals surface area contributed by atoms with Crippen LogP contribution in [0.4, 0.5) is 0 Å². The van der Waals surface area contributed by atoms with E-state index in [4.69, 9.17) is 14.2 Å². The van der Waals surface area contributed by atoms with Crippen molar-refractivity contribution >= 4 is 5.97 Å². The summed E-state index contributed by atoms with van der Waals surface area (Å²) >= 11 is 0. The van der Waals surface area contributed by atoms with E-state index in [2.05, 4.69) is 0 Å². The molecule has 0 bridgehead atoms. The van der Waals surface area contributed by atoms with Crippen molar-refractivity contribution in [3.05, 3.63) is 57.6 Å². The molecule has 38 heavy (non-hydrogen) atoms. The minimum atomic E-state index is -1.47. The van der Waals surface area contributed by atoms with Gasteiger partial charge in [-0.25, -0.2) is 0 Å². The summed E-state index contributed by atoms with van der Waals surface area (Å²) in [7, 11) is 0. The summed E-state index contributed by atoms with van der Waals surface area (Å²) in [6.45, 7) is 21.2. The molecule has 2 aromatic carbocycles. The van der Waals surface area contributed by atoms with Gasteiger partial charge in [0.15, 0.2) is 0 Å². The van der Waals surface area contributed by atoms with E-state index in [1.54, 1.807) is 46.8 Å². The number of aryl methyl sites for hydroxylation is 2. The number of esters is 1. The molecular weight excluding hydrogens is 484 g/mol. The smallest absolute Gasteiger partial charge is 0.323 e. The number of hydrogen-bond acceptors (Lipinski definition) is 7. The maximum atomic E-state index is 14.2. The maximum Gasteiger partial charge on any atom is 0.323 e. The first kappa shape index (κ1) is 31.6. The monoisotopic (exact) mass is 530 g/mol. The Hall–Kier alpha value is -2.61. The number of carbonyl (C=O) groups is 1. The lowest BCUT2D eigenvalue weighted by Crippen LogP contribution is -2.43. The molecule has 7 nitrogen and oxygen atoms in total. The average molecular weight is 531 g/mol. The third-order valence-electron chi connectivity index (χ3n) is 6.90. The van der Waals surface area contributed by atoms with Gasteiger partial charge in [-0.15, -0.1) is 0 Å². The Morgan fingerprint density at radius 2 is 1.16 bits per heavy atom. The topological polar surface area (TPSA) is 105 Å². The summed E-state index contributed by atoms with van der Waals surface area (Å²) in [5.74, 6) is -0.314. The number of carbonyl (C=O) groups excluding carboxylic acids is 1. The van der Waals surface area contributed by atoms with Gasteiger partial charge in [-0.2, -0.15) is 0 Å². The standard InChI is InChI=1S/C31H46O7/c1-12-36-26(34)27(37-13-2)38-28(35)31(11,20-14-18(3)24(32)22(16-20)29(5,6)7)21-15-19(4)25(33)23(17-21)30(8,9)10/h14-17,26-27,32-34H,12-13H2,1-11H3. The molecule has 2 rings (SSSR count). The average Bonchev–Trinajstić information content (AvgIpc) is 2.79. The van der Waals surface area contributed by atoms with E-state index < -0.39 is 34.8 Å². The summed E-state index contributed by atoms with van der Waals surface area (Å²) in [5, 5.41) is 32.3. The first-order valence-electron chi connectivity index (χ1n) is 13.2. The Balaban J connectivity index is 2.89. The zero-order chi connectivity index (χ0) is 29.2. The van der Waals surface area contributed by atoms with Gasteiger partial charge >= 0.3 is 5.97 Å². The molecule has 0 amide bonds. The predicted octanol–water partition coefficient (Wildman–Crippen LogP) is 5.88. The molecule has 2 atom stereocenters. The molecule has 0 spiro atoms. The van der Waals surface area contributed by atoms with Gasteiger partial charge in [0.2, 0.25) is 6.29 Å². The second-order valence-electron chi connectivity index (χ2n) is 12.1. The van der Waals surface area contributed by atoms with Crippen molar-refractivity contribution in [2.75, 3.05) is 13.2 Å². The molecule has 7 heteroatoms. The van der Waals surface area contributed by atoms with Crippen LogP contribution in [0.2, 0.25) is 0 Å². The Kier molecular flexibility index (Phi) is 9.68. The number of rotatable bonds is 9. The number of aliphatic hydroxyl groups is 1. The van der Waals surface area contributed by atoms with Crippen molar-refractivity contribution in [2.45, 2.75) is 105 Å². The molecule has 0 radical (unpaired) electrons. The first-order chi connectivity index (χ1) is 17.4. The fourth-order valence-corrected chi connectivity index (χ4v) is 4.49. The third-order valence-corrected chi connectivity index (χ3v) is 6.90. The summed E-state index contributed by atoms with van der Waals surface area (Å²) in [4.78, 5) is 14.2. The quantitative estimate of drug-likeness (QED) is 0.275. The third kappa shape index (κ3) is 6.50. The van der Waals surface area contributed by atoms with Crippen molar-refractivity contribution in [2.24, 2.45) is 0 Å². The number of aliphatic hydroxyl groups excluding tert-OH is 1. The van der Waals surface area contributed by atoms with Crippen LogP contribution in [0.3, 0.4) is 0 Å². The van der Waals surface area contributed by atoms with E-state index in [1.807, 2.05) is 53.7 Å². The van der Waals surface area contributed by atoms with E-state index in [1.165, 1.54) is 0 Å². The fraction of sp³-hybridized carbons (Fsp3) is 0.581. The van der Waals surface area contributed by atoms with Crippen molar-refractivity contribution < 1.29 is 34.3 Å². The molecule has 0 fully saturated rings. The van der Waals surface area contributed by atoms with Crippen LogP contribution in [0.5, 0.6) is 11.5 Å². The predicted molar refractivity (Wildman–Crippen MR) is 149 cm³/mol. The van der Waals surface area contributed by atoms with Gasteiger partial charge in [0.05, 0.1) is 0 Å². The van der Waals surface area contributed by atoms with E-state index in [9.17, 15) is 20.1 Å². The van der Waals surface area contributed by atoms with Crippen molar-refractivity contribution in [3.63, 3.8) is 0 Å². The zero-order valence-electron chi connectivity index (χ0n) is 24.9. The lowest BCUT2D eigenvalue weighted by molar-refractivity contribution is -0.262. The zero-order valence-corrected chi connectivity index (χ0v) is 24.9. The van der Waals surface area contributed by atoms with Gasteiger partial charge in [-0.3, -0.25) is 4.79 Å². The highest BCUT2D eigenvalue weighted by molar-refractivity contribution is 5.88. The first-order valence-corrected chi connectivity index (χ1v) is 13.2. The fourth-order valence-electron chi connectivity index (χ4n) is 4.49. The number of benzene rings is 2. The van der Waals surface area contributed by atoms with E-state index in [0.29, 0.717) is 33.4 Å². The molecular formula is C31H46O7. The Morgan fingerprint density at radius 1 is 0.763 bits per heavy atom. The van der Waals surface area contributed by atoms with Crippen LogP contribution in [0.15, 0.2) is 24.3 Å². The number of aromatic hydroxyl groups is 2. The highest BCUT2D eigenvalue weighted by Crippen LogP contribution is 2.44. The molecule has 0 aliphatic rings. The lowest BCUT2D eigenvalue weighted by Gasteiger charge is -2.35. The van der Waals surface area contributed by atoms with E-state index in [-0.39, 0.29) is 24.7 Å². The van der Waals surface area contributed by atoms with Gasteiger partial charge < -0.3 is 29.5 Å². The molecule has 2 aromatic rings. The highest BCUT2D eigenvalue weighted by atomic mass is 16.7. The molecule has 3 N–H and O–H groups in total. The number of hydrogen-bond donors (Lipinski definition) is 3. The molecule has 0 saturated carbocycles. The SMILES string of the molecule is CCOC(O)C(OCC)OC(=O)C(C)(c1cc(C)c(O)c(C(C)(C)C)c1)c1cc(C)c(O)c(C(C)(C)C)c1. The number of phenols is 2. The molecule has 0 aliphatic heterocycles. The Labute approximate surface area is 227 Å². The van der Waals surface area contributed by atoms with Crippen LogP contribution in [0.1, 0.15) is 95.7 Å². The van der Waals surface area contributed by atoms with Crippen molar-refractivity contribution in [1.82, 2.24) is 0 Å². The normalized spacial score (nSPS) is 14.3. The van der Waals surface area contributed by atoms with Crippen LogP contribution >= 0.6 is 0 Å². The summed E-state index contributed by atoms with van der Waals surface area (Å²) < 4.78 is 16.6. The Bertz CT molecular complexity index is 1070. The number of ether oxygens (including phenoxy) is 3. The van der Waals surface area contributed by atoms with E-state index >= 15 is 0 Å². The number of phenolic OH excluding ortho intramolecular Hbond substituents is 2. The minimum absolute atomic E-state index is 0.174. The van der Waals surface area contributed by atoms with Crippen LogP contribution < -0.4 is 0 Å². The lowest BCUT2D eigenvalue weighted by atomic mass is 9.71. The van der Waals surface area contributed by atoms with Gasteiger partial charge in [-0.1, -0.05) is 65.8 Å². The van der Waals surface area contributed by atoms with Gasteiger partial charge in [-0.05, 0) is 78.8 Å². The van der Waals surface area contributed by atoms with Crippen LogP contribution in [-0.2, 0) is 35.3 Å². The van der Waals surface area contributed by atoms with Gasteiger partial charge in [0, 0.05) is 13.2 Å². The van der Waals surface area contributed by atoms with Crippen LogP contribution in [0, 0.1) is 13.8 Å². The largest absolute Gasteiger partial charge is 0.507 e. The summed E-state index contributed by atoms with van der Waals surface area (Å²) in [6, 6.07) is 7.22. The molecule has 212 valence electrons. The maximum absolute atomic E-state index is 14.2. The van der Waals surface area contributed by atoms with Crippen LogP contribution in [-0.4, -0.2) is 47.1 Å². The van der Waals surface area contributed by atoms with Crippen molar-refractivity contribution in [1.29, 1.82) is 0 Å². The molecule has 0 saturated heterocycles. The minimum Gasteiger partial charge on any atom is -0.507 e. The van der Waals surface area contributed by atoms with Gasteiger partial charge in [0.25, 0.3) is 6.29 Å². The highest BCUT2D eigenvalue weighted by Gasteiger charge is 2.43. The summed E-state index contributed by atoms with van der Waals surface area (Å²) in [5.41, 5.74) is 1.62. The van der Waals surface area contributed by atoms with Crippen LogP contribution in [0.25, 0.3) is 0 Å². The molecule has 0 aromatic heterocycles. The second kappa shape index (κ2) is 11.6. The summed E-state index contributed by atoms with van der Waals surface area (Å²) in [6.07, 6.45) is -2.81. The molecule has 2 unspecified atom stereocenters. The Morgan fingerprint density at radius 3 is 1.50 bits per heavy atom. The van der Waals surface area contributed by atoms with Gasteiger partial charge in [0.1, 0.15) is 16.9 Å². The molecule has 0 aliphatic carbocycles. The second-order valence-corrected chi connectivity index (χ2v) is 12.1. The van der Waals surface area contributed by atoms with E-state index in [0.717, 1.165) is 0 Å². The molecule has 0 heterocycles.